The van der Waals surface area contributed by atoms with E-state index in [2.05, 4.69) is 26.1 Å². The first-order valence-electron chi connectivity index (χ1n) is 33.0. The number of ether oxygens (including phenoxy) is 3. The fourth-order valence-corrected chi connectivity index (χ4v) is 10.7. The molecule has 0 saturated carbocycles. The van der Waals surface area contributed by atoms with Gasteiger partial charge in [0.25, 0.3) is 0 Å². The summed E-state index contributed by atoms with van der Waals surface area (Å²) in [6.45, 7) is 5.82. The third-order valence-corrected chi connectivity index (χ3v) is 15.9. The molecule has 11 heteroatoms. The fraction of sp³-hybridized carbons (Fsp3) is 0.938. The van der Waals surface area contributed by atoms with Gasteiger partial charge < -0.3 is 45.1 Å². The number of hydrogen-bond donors (Lipinski definition) is 6. The molecule has 11 nitrogen and oxygen atoms in total. The van der Waals surface area contributed by atoms with Crippen LogP contribution in [0.4, 0.5) is 0 Å². The Bertz CT molecular complexity index is 1290. The summed E-state index contributed by atoms with van der Waals surface area (Å²) in [5.41, 5.74) is 0. The molecule has 450 valence electrons. The maximum absolute atomic E-state index is 13.4. The van der Waals surface area contributed by atoms with Gasteiger partial charge >= 0.3 is 5.97 Å². The van der Waals surface area contributed by atoms with Gasteiger partial charge in [0.1, 0.15) is 24.4 Å². The van der Waals surface area contributed by atoms with Gasteiger partial charge in [0, 0.05) is 6.42 Å². The zero-order valence-corrected chi connectivity index (χ0v) is 49.9. The number of unbranched alkanes of at least 4 members (excludes halogenated alkanes) is 43. The lowest BCUT2D eigenvalue weighted by molar-refractivity contribution is -0.305. The molecule has 1 fully saturated rings. The minimum Gasteiger partial charge on any atom is -0.454 e. The van der Waals surface area contributed by atoms with Gasteiger partial charge in [-0.1, -0.05) is 309 Å². The van der Waals surface area contributed by atoms with E-state index in [4.69, 9.17) is 14.2 Å². The van der Waals surface area contributed by atoms with Crippen molar-refractivity contribution in [2.24, 2.45) is 0 Å². The lowest BCUT2D eigenvalue weighted by atomic mass is 9.99. The third-order valence-electron chi connectivity index (χ3n) is 15.9. The summed E-state index contributed by atoms with van der Waals surface area (Å²) in [5, 5.41) is 57.0. The van der Waals surface area contributed by atoms with Gasteiger partial charge in [-0.2, -0.15) is 0 Å². The highest BCUT2D eigenvalue weighted by Crippen LogP contribution is 2.26. The number of hydrogen-bond acceptors (Lipinski definition) is 10. The van der Waals surface area contributed by atoms with Crippen molar-refractivity contribution < 1.29 is 49.3 Å². The van der Waals surface area contributed by atoms with E-state index in [0.29, 0.717) is 19.3 Å². The minimum absolute atomic E-state index is 0.132. The molecule has 0 aliphatic carbocycles. The first kappa shape index (κ1) is 72.4. The summed E-state index contributed by atoms with van der Waals surface area (Å²) in [5.74, 6) is -1.18. The topological polar surface area (TPSA) is 175 Å². The zero-order chi connectivity index (χ0) is 55.4. The van der Waals surface area contributed by atoms with Crippen molar-refractivity contribution >= 4 is 11.9 Å². The van der Waals surface area contributed by atoms with E-state index in [-0.39, 0.29) is 13.0 Å². The Balaban J connectivity index is 2.56. The van der Waals surface area contributed by atoms with Crippen LogP contribution in [-0.4, -0.2) is 99.6 Å². The second-order valence-electron chi connectivity index (χ2n) is 23.2. The second kappa shape index (κ2) is 54.0. The van der Waals surface area contributed by atoms with E-state index in [1.807, 2.05) is 6.08 Å². The number of esters is 1. The number of carbonyl (C=O) groups excluding carboxylic acids is 2. The van der Waals surface area contributed by atoms with Crippen LogP contribution in [0.1, 0.15) is 329 Å². The van der Waals surface area contributed by atoms with E-state index in [9.17, 15) is 35.1 Å². The molecule has 0 aromatic carbocycles. The Morgan fingerprint density at radius 1 is 0.500 bits per heavy atom. The van der Waals surface area contributed by atoms with Crippen molar-refractivity contribution in [2.45, 2.75) is 378 Å². The number of rotatable bonds is 57. The average molecular weight is 1080 g/mol. The highest BCUT2D eigenvalue weighted by atomic mass is 16.7. The minimum atomic E-state index is -1.61. The van der Waals surface area contributed by atoms with Crippen molar-refractivity contribution in [3.63, 3.8) is 0 Å². The maximum atomic E-state index is 13.4. The largest absolute Gasteiger partial charge is 0.454 e. The van der Waals surface area contributed by atoms with Crippen LogP contribution >= 0.6 is 0 Å². The molecule has 1 heterocycles. The van der Waals surface area contributed by atoms with E-state index < -0.39 is 67.4 Å². The Kier molecular flexibility index (Phi) is 51.5. The predicted molar refractivity (Wildman–Crippen MR) is 315 cm³/mol. The maximum Gasteiger partial charge on any atom is 0.306 e. The lowest BCUT2D eigenvalue weighted by Crippen LogP contribution is -2.61. The average Bonchev–Trinajstić information content (AvgIpc) is 3.42. The summed E-state index contributed by atoms with van der Waals surface area (Å²) in [6.07, 6.45) is 51.2. The van der Waals surface area contributed by atoms with Crippen LogP contribution in [-0.2, 0) is 23.8 Å². The lowest BCUT2D eigenvalue weighted by Gasteiger charge is -2.41. The molecule has 1 aliphatic heterocycles. The molecule has 0 radical (unpaired) electrons. The van der Waals surface area contributed by atoms with Gasteiger partial charge in [-0.05, 0) is 25.7 Å². The molecule has 0 spiro atoms. The number of aliphatic hydroxyl groups excluding tert-OH is 5. The van der Waals surface area contributed by atoms with E-state index in [1.54, 1.807) is 6.08 Å². The Morgan fingerprint density at radius 3 is 1.24 bits per heavy atom. The van der Waals surface area contributed by atoms with Crippen LogP contribution in [0, 0.1) is 0 Å². The summed E-state index contributed by atoms with van der Waals surface area (Å²) in [7, 11) is 0. The summed E-state index contributed by atoms with van der Waals surface area (Å²) in [4.78, 5) is 26.5. The van der Waals surface area contributed by atoms with Crippen molar-refractivity contribution in [1.29, 1.82) is 0 Å². The molecule has 0 aromatic heterocycles. The van der Waals surface area contributed by atoms with Crippen LogP contribution in [0.5, 0.6) is 0 Å². The number of carbonyl (C=O) groups is 2. The highest BCUT2D eigenvalue weighted by molar-refractivity contribution is 5.80. The van der Waals surface area contributed by atoms with Crippen LogP contribution in [0.3, 0.4) is 0 Å². The predicted octanol–water partition coefficient (Wildman–Crippen LogP) is 15.9. The first-order chi connectivity index (χ1) is 37.2. The van der Waals surface area contributed by atoms with E-state index in [1.165, 1.54) is 225 Å². The number of aliphatic hydroxyl groups is 5. The molecule has 8 atom stereocenters. The zero-order valence-electron chi connectivity index (χ0n) is 49.9. The molecular weight excluding hydrogens is 955 g/mol. The summed E-state index contributed by atoms with van der Waals surface area (Å²) in [6, 6.07) is -1.02. The molecule has 8 unspecified atom stereocenters. The Labute approximate surface area is 468 Å². The summed E-state index contributed by atoms with van der Waals surface area (Å²) < 4.78 is 17.6. The monoisotopic (exact) mass is 1080 g/mol. The normalized spacial score (nSPS) is 19.1. The van der Waals surface area contributed by atoms with Gasteiger partial charge in [-0.3, -0.25) is 9.59 Å². The van der Waals surface area contributed by atoms with Gasteiger partial charge in [-0.15, -0.1) is 0 Å². The van der Waals surface area contributed by atoms with E-state index >= 15 is 0 Å². The SMILES string of the molecule is CCCCCCCCCCC/C=C/C(O)C(COC1OC(CO)C(O)C(O)C1OC(=O)CCCCCCCCCCCCCCCCCCCCCCCCC)NC(=O)C(O)CCCCCCCCCCCCCCC. The molecule has 0 bridgehead atoms. The molecule has 1 aliphatic rings. The second-order valence-corrected chi connectivity index (χ2v) is 23.2. The van der Waals surface area contributed by atoms with Gasteiger partial charge in [-0.25, -0.2) is 0 Å². The molecule has 1 saturated heterocycles. The number of amides is 1. The molecule has 1 amide bonds. The van der Waals surface area contributed by atoms with Gasteiger partial charge in [0.2, 0.25) is 5.91 Å². The third kappa shape index (κ3) is 41.4. The van der Waals surface area contributed by atoms with Crippen LogP contribution in [0.25, 0.3) is 0 Å². The fourth-order valence-electron chi connectivity index (χ4n) is 10.7. The molecular formula is C65H125NO10. The molecule has 6 N–H and O–H groups in total. The quantitative estimate of drug-likeness (QED) is 0.0195. The summed E-state index contributed by atoms with van der Waals surface area (Å²) >= 11 is 0. The standard InChI is InChI=1S/C65H125NO10/c1-4-7-10-13-16-19-22-24-25-26-27-28-29-30-31-32-33-35-38-41-44-47-50-53-60(70)76-63-62(72)61(71)59(54-67)75-65(63)74-55-56(57(68)51-48-45-42-39-36-21-18-15-12-9-6-3)66-64(73)58(69)52-49-46-43-40-37-34-23-20-17-14-11-8-5-2/h48,51,56-59,61-63,65,67-69,71-72H,4-47,49-50,52-55H2,1-3H3,(H,66,73)/b51-48+. The highest BCUT2D eigenvalue weighted by Gasteiger charge is 2.47. The number of nitrogens with one attached hydrogen (secondary N) is 1. The Morgan fingerprint density at radius 2 is 0.855 bits per heavy atom. The molecule has 0 aromatic rings. The number of allylic oxidation sites excluding steroid dienone is 1. The van der Waals surface area contributed by atoms with E-state index in [0.717, 1.165) is 57.8 Å². The van der Waals surface area contributed by atoms with Gasteiger partial charge in [0.05, 0.1) is 25.4 Å². The van der Waals surface area contributed by atoms with Crippen molar-refractivity contribution in [3.8, 4) is 0 Å². The van der Waals surface area contributed by atoms with Crippen molar-refractivity contribution in [2.75, 3.05) is 13.2 Å². The smallest absolute Gasteiger partial charge is 0.306 e. The Hall–Kier alpha value is -1.60. The molecule has 1 rings (SSSR count). The first-order valence-corrected chi connectivity index (χ1v) is 33.0. The van der Waals surface area contributed by atoms with Crippen LogP contribution < -0.4 is 5.32 Å². The van der Waals surface area contributed by atoms with Crippen molar-refractivity contribution in [1.82, 2.24) is 5.32 Å². The molecule has 76 heavy (non-hydrogen) atoms. The van der Waals surface area contributed by atoms with Crippen LogP contribution in [0.15, 0.2) is 12.2 Å². The van der Waals surface area contributed by atoms with Crippen molar-refractivity contribution in [3.05, 3.63) is 12.2 Å². The van der Waals surface area contributed by atoms with Gasteiger partial charge in [0.15, 0.2) is 12.4 Å². The van der Waals surface area contributed by atoms with Crippen LogP contribution in [0.2, 0.25) is 0 Å².